The second kappa shape index (κ2) is 10.9. The molecule has 8 nitrogen and oxygen atoms in total. The van der Waals surface area contributed by atoms with Crippen molar-refractivity contribution >= 4 is 35.4 Å². The maximum atomic E-state index is 13.2. The molecule has 0 saturated carbocycles. The third-order valence-electron chi connectivity index (χ3n) is 4.63. The van der Waals surface area contributed by atoms with Crippen LogP contribution in [-0.4, -0.2) is 60.9 Å². The van der Waals surface area contributed by atoms with E-state index in [0.717, 1.165) is 16.9 Å². The van der Waals surface area contributed by atoms with E-state index in [1.165, 1.54) is 10.6 Å². The number of esters is 1. The Labute approximate surface area is 184 Å². The molecule has 31 heavy (non-hydrogen) atoms. The van der Waals surface area contributed by atoms with Crippen molar-refractivity contribution < 1.29 is 23.8 Å². The van der Waals surface area contributed by atoms with Crippen LogP contribution >= 0.6 is 11.3 Å². The number of benzene rings is 1. The monoisotopic (exact) mass is 446 g/mol. The minimum atomic E-state index is -0.558. The number of rotatable bonds is 7. The average Bonchev–Trinajstić information content (AvgIpc) is 3.04. The Morgan fingerprint density at radius 2 is 1.90 bits per heavy atom. The predicted molar refractivity (Wildman–Crippen MR) is 118 cm³/mol. The Kier molecular flexibility index (Phi) is 8.02. The third-order valence-corrected chi connectivity index (χ3v) is 5.69. The summed E-state index contributed by atoms with van der Waals surface area (Å²) < 4.78 is 18.0. The number of carbonyl (C=O) groups is 2. The van der Waals surface area contributed by atoms with Crippen LogP contribution in [0.5, 0.6) is 5.75 Å². The highest BCUT2D eigenvalue weighted by molar-refractivity contribution is 7.07. The number of morpholine rings is 1. The SMILES string of the molecule is CCOC(=O)/C=c1\s/c(=C\c2ccccc2OCC)c(=O)n1CC(=O)N1CCOCC1. The Balaban J connectivity index is 2.05. The fourth-order valence-corrected chi connectivity index (χ4v) is 4.18. The number of para-hydroxylation sites is 1. The van der Waals surface area contributed by atoms with Crippen molar-refractivity contribution in [1.82, 2.24) is 9.47 Å². The number of aromatic nitrogens is 1. The van der Waals surface area contributed by atoms with Crippen LogP contribution < -0.4 is 19.5 Å². The van der Waals surface area contributed by atoms with E-state index >= 15 is 0 Å². The molecule has 1 aliphatic rings. The smallest absolute Gasteiger partial charge is 0.333 e. The summed E-state index contributed by atoms with van der Waals surface area (Å²) >= 11 is 1.14. The van der Waals surface area contributed by atoms with Crippen LogP contribution in [0, 0.1) is 0 Å². The Morgan fingerprint density at radius 3 is 2.61 bits per heavy atom. The number of amides is 1. The number of hydrogen-bond donors (Lipinski definition) is 0. The van der Waals surface area contributed by atoms with Gasteiger partial charge in [-0.3, -0.25) is 14.2 Å². The minimum Gasteiger partial charge on any atom is -0.493 e. The third kappa shape index (κ3) is 5.83. The lowest BCUT2D eigenvalue weighted by atomic mass is 10.2. The first-order valence-corrected chi connectivity index (χ1v) is 11.0. The predicted octanol–water partition coefficient (Wildman–Crippen LogP) is 0.340. The van der Waals surface area contributed by atoms with Crippen molar-refractivity contribution in [2.75, 3.05) is 39.5 Å². The van der Waals surface area contributed by atoms with Gasteiger partial charge >= 0.3 is 5.97 Å². The Bertz CT molecular complexity index is 1100. The van der Waals surface area contributed by atoms with E-state index in [9.17, 15) is 14.4 Å². The van der Waals surface area contributed by atoms with E-state index in [2.05, 4.69) is 0 Å². The Morgan fingerprint density at radius 1 is 1.16 bits per heavy atom. The molecule has 9 heteroatoms. The summed E-state index contributed by atoms with van der Waals surface area (Å²) in [6.45, 7) is 6.07. The molecule has 0 aliphatic carbocycles. The van der Waals surface area contributed by atoms with Gasteiger partial charge in [0.05, 0.1) is 37.0 Å². The summed E-state index contributed by atoms with van der Waals surface area (Å²) in [7, 11) is 0. The molecular formula is C22H26N2O6S. The van der Waals surface area contributed by atoms with Gasteiger partial charge in [0.15, 0.2) is 0 Å². The van der Waals surface area contributed by atoms with Crippen LogP contribution in [0.25, 0.3) is 12.2 Å². The first-order valence-electron chi connectivity index (χ1n) is 10.2. The van der Waals surface area contributed by atoms with Gasteiger partial charge in [0, 0.05) is 18.7 Å². The fourth-order valence-electron chi connectivity index (χ4n) is 3.15. The lowest BCUT2D eigenvalue weighted by Gasteiger charge is -2.26. The van der Waals surface area contributed by atoms with Crippen LogP contribution in [-0.2, 0) is 25.6 Å². The lowest BCUT2D eigenvalue weighted by Crippen LogP contribution is -2.45. The minimum absolute atomic E-state index is 0.151. The van der Waals surface area contributed by atoms with Gasteiger partial charge in [0.2, 0.25) is 5.91 Å². The normalized spacial score (nSPS) is 15.2. The topological polar surface area (TPSA) is 87.1 Å². The highest BCUT2D eigenvalue weighted by Crippen LogP contribution is 2.18. The number of hydrogen-bond acceptors (Lipinski definition) is 7. The van der Waals surface area contributed by atoms with Gasteiger partial charge in [-0.15, -0.1) is 11.3 Å². The first kappa shape index (κ1) is 22.8. The van der Waals surface area contributed by atoms with Gasteiger partial charge in [-0.1, -0.05) is 18.2 Å². The molecule has 0 spiro atoms. The summed E-state index contributed by atoms with van der Waals surface area (Å²) in [5.41, 5.74) is 0.408. The second-order valence-corrected chi connectivity index (χ2v) is 7.76. The van der Waals surface area contributed by atoms with Crippen LogP contribution in [0.3, 0.4) is 0 Å². The number of thiazole rings is 1. The molecule has 0 atom stereocenters. The summed E-state index contributed by atoms with van der Waals surface area (Å²) in [6, 6.07) is 7.39. The zero-order valence-electron chi connectivity index (χ0n) is 17.7. The second-order valence-electron chi connectivity index (χ2n) is 6.70. The van der Waals surface area contributed by atoms with Gasteiger partial charge in [-0.25, -0.2) is 4.79 Å². The molecule has 1 aromatic heterocycles. The molecule has 2 aromatic rings. The number of carbonyl (C=O) groups excluding carboxylic acids is 2. The Hall–Kier alpha value is -2.91. The van der Waals surface area contributed by atoms with Crippen LogP contribution in [0.2, 0.25) is 0 Å². The quantitative estimate of drug-likeness (QED) is 0.570. The van der Waals surface area contributed by atoms with Crippen LogP contribution in [0.1, 0.15) is 19.4 Å². The molecule has 0 unspecified atom stereocenters. The van der Waals surface area contributed by atoms with Crippen molar-refractivity contribution in [1.29, 1.82) is 0 Å². The van der Waals surface area contributed by atoms with Gasteiger partial charge in [-0.2, -0.15) is 0 Å². The molecule has 0 bridgehead atoms. The number of ether oxygens (including phenoxy) is 3. The van der Waals surface area contributed by atoms with Gasteiger partial charge in [0.1, 0.15) is 17.0 Å². The van der Waals surface area contributed by atoms with Crippen molar-refractivity contribution in [3.63, 3.8) is 0 Å². The summed E-state index contributed by atoms with van der Waals surface area (Å²) in [4.78, 5) is 39.6. The van der Waals surface area contributed by atoms with Crippen molar-refractivity contribution in [3.05, 3.63) is 49.4 Å². The van der Waals surface area contributed by atoms with Gasteiger partial charge < -0.3 is 19.1 Å². The zero-order chi connectivity index (χ0) is 22.2. The van der Waals surface area contributed by atoms with E-state index in [-0.39, 0.29) is 24.6 Å². The molecule has 1 fully saturated rings. The van der Waals surface area contributed by atoms with Crippen molar-refractivity contribution in [2.45, 2.75) is 20.4 Å². The summed E-state index contributed by atoms with van der Waals surface area (Å²) in [5.74, 6) is -0.0924. The molecule has 1 aromatic carbocycles. The zero-order valence-corrected chi connectivity index (χ0v) is 18.5. The molecule has 0 N–H and O–H groups in total. The fraction of sp³-hybridized carbons (Fsp3) is 0.409. The maximum Gasteiger partial charge on any atom is 0.333 e. The van der Waals surface area contributed by atoms with Crippen LogP contribution in [0.15, 0.2) is 29.1 Å². The lowest BCUT2D eigenvalue weighted by molar-refractivity contribution is -0.136. The molecule has 3 rings (SSSR count). The molecule has 1 amide bonds. The van der Waals surface area contributed by atoms with E-state index in [1.54, 1.807) is 17.9 Å². The standard InChI is InChI=1S/C22H26N2O6S/c1-3-29-17-8-6-5-7-16(17)13-18-22(27)24(20(31-18)14-21(26)30-4-2)15-19(25)23-9-11-28-12-10-23/h5-8,13-14H,3-4,9-12,15H2,1-2H3/b18-13-,20-14-. The summed E-state index contributed by atoms with van der Waals surface area (Å²) in [5, 5.41) is 0. The summed E-state index contributed by atoms with van der Waals surface area (Å²) in [6.07, 6.45) is 2.98. The average molecular weight is 447 g/mol. The molecule has 0 radical (unpaired) electrons. The van der Waals surface area contributed by atoms with Crippen molar-refractivity contribution in [3.8, 4) is 5.75 Å². The molecule has 1 aliphatic heterocycles. The van der Waals surface area contributed by atoms with E-state index < -0.39 is 5.97 Å². The molecular weight excluding hydrogens is 420 g/mol. The molecule has 2 heterocycles. The molecule has 166 valence electrons. The van der Waals surface area contributed by atoms with Crippen molar-refractivity contribution in [2.24, 2.45) is 0 Å². The van der Waals surface area contributed by atoms with Crippen LogP contribution in [0.4, 0.5) is 0 Å². The first-order chi connectivity index (χ1) is 15.0. The van der Waals surface area contributed by atoms with Gasteiger partial charge in [-0.05, 0) is 26.0 Å². The maximum absolute atomic E-state index is 13.2. The van der Waals surface area contributed by atoms with E-state index in [1.807, 2.05) is 31.2 Å². The highest BCUT2D eigenvalue weighted by atomic mass is 32.1. The van der Waals surface area contributed by atoms with E-state index in [4.69, 9.17) is 14.2 Å². The van der Waals surface area contributed by atoms with E-state index in [0.29, 0.717) is 47.9 Å². The molecule has 1 saturated heterocycles. The highest BCUT2D eigenvalue weighted by Gasteiger charge is 2.19. The largest absolute Gasteiger partial charge is 0.493 e. The number of nitrogens with zero attached hydrogens (tertiary/aromatic N) is 2. The van der Waals surface area contributed by atoms with Gasteiger partial charge in [0.25, 0.3) is 5.56 Å².